The molecule has 0 radical (unpaired) electrons. The minimum absolute atomic E-state index is 0.343. The molecule has 1 aliphatic heterocycles. The van der Waals surface area contributed by atoms with Crippen molar-refractivity contribution >= 4 is 23.1 Å². The molecule has 2 nitrogen and oxygen atoms in total. The minimum Gasteiger partial charge on any atom is -0.271 e. The topological polar surface area (TPSA) is 38.0 Å². The molecule has 102 valence electrons. The standard InChI is InChI=1S/C14H24N2S2/c1-3-10(4-2)7-12(16-15)14-8-11-9-17-6-5-13(11)18-14/h8,10,12,16H,3-7,9,15H2,1-2H3. The first-order valence-electron chi connectivity index (χ1n) is 6.93. The second kappa shape index (κ2) is 6.94. The molecule has 0 aliphatic carbocycles. The predicted octanol–water partition coefficient (Wildman–Crippen LogP) is 3.87. The van der Waals surface area contributed by atoms with Crippen LogP contribution in [0.2, 0.25) is 0 Å². The highest BCUT2D eigenvalue weighted by Gasteiger charge is 2.20. The largest absolute Gasteiger partial charge is 0.271 e. The minimum atomic E-state index is 0.343. The number of fused-ring (bicyclic) bond motifs is 1. The lowest BCUT2D eigenvalue weighted by molar-refractivity contribution is 0.378. The van der Waals surface area contributed by atoms with E-state index in [9.17, 15) is 0 Å². The van der Waals surface area contributed by atoms with Gasteiger partial charge in [-0.05, 0) is 36.1 Å². The Kier molecular flexibility index (Phi) is 5.55. The van der Waals surface area contributed by atoms with Crippen molar-refractivity contribution in [3.8, 4) is 0 Å². The lowest BCUT2D eigenvalue weighted by Gasteiger charge is -2.20. The molecule has 2 rings (SSSR count). The Labute approximate surface area is 119 Å². The van der Waals surface area contributed by atoms with Gasteiger partial charge in [-0.25, -0.2) is 0 Å². The molecular formula is C14H24N2S2. The molecular weight excluding hydrogens is 260 g/mol. The zero-order valence-corrected chi connectivity index (χ0v) is 13.0. The second-order valence-electron chi connectivity index (χ2n) is 5.04. The molecule has 3 N–H and O–H groups in total. The molecule has 0 saturated heterocycles. The molecule has 1 aliphatic rings. The van der Waals surface area contributed by atoms with E-state index in [4.69, 9.17) is 5.84 Å². The van der Waals surface area contributed by atoms with Crippen molar-refractivity contribution in [3.63, 3.8) is 0 Å². The zero-order valence-electron chi connectivity index (χ0n) is 11.4. The first-order valence-corrected chi connectivity index (χ1v) is 8.90. The Morgan fingerprint density at radius 1 is 1.39 bits per heavy atom. The van der Waals surface area contributed by atoms with E-state index in [2.05, 4.69) is 25.3 Å². The van der Waals surface area contributed by atoms with Gasteiger partial charge in [0.15, 0.2) is 0 Å². The Hall–Kier alpha value is -0.0300. The number of hydrazine groups is 1. The fourth-order valence-corrected chi connectivity index (χ4v) is 5.01. The summed E-state index contributed by atoms with van der Waals surface area (Å²) in [6, 6.07) is 2.73. The normalized spacial score (nSPS) is 16.9. The molecule has 0 amide bonds. The van der Waals surface area contributed by atoms with Crippen molar-refractivity contribution in [2.75, 3.05) is 5.75 Å². The maximum absolute atomic E-state index is 5.77. The van der Waals surface area contributed by atoms with E-state index < -0.39 is 0 Å². The van der Waals surface area contributed by atoms with Crippen LogP contribution in [-0.4, -0.2) is 5.75 Å². The highest BCUT2D eigenvalue weighted by atomic mass is 32.2. The van der Waals surface area contributed by atoms with Crippen LogP contribution in [0.1, 0.15) is 54.5 Å². The predicted molar refractivity (Wildman–Crippen MR) is 82.9 cm³/mol. The van der Waals surface area contributed by atoms with Gasteiger partial charge in [0, 0.05) is 15.5 Å². The molecule has 2 heterocycles. The molecule has 0 aromatic carbocycles. The summed E-state index contributed by atoms with van der Waals surface area (Å²) in [5, 5.41) is 0. The fraction of sp³-hybridized carbons (Fsp3) is 0.714. The SMILES string of the molecule is CCC(CC)CC(NN)c1cc2c(s1)CCSC2. The van der Waals surface area contributed by atoms with Gasteiger partial charge in [-0.2, -0.15) is 11.8 Å². The van der Waals surface area contributed by atoms with Crippen LogP contribution in [0, 0.1) is 5.92 Å². The average molecular weight is 284 g/mol. The van der Waals surface area contributed by atoms with Gasteiger partial charge in [0.1, 0.15) is 0 Å². The molecule has 1 atom stereocenters. The Balaban J connectivity index is 2.09. The summed E-state index contributed by atoms with van der Waals surface area (Å²) in [6.45, 7) is 4.55. The fourth-order valence-electron chi connectivity index (χ4n) is 2.56. The van der Waals surface area contributed by atoms with E-state index in [0.717, 1.165) is 12.3 Å². The van der Waals surface area contributed by atoms with Crippen molar-refractivity contribution in [1.82, 2.24) is 5.43 Å². The van der Waals surface area contributed by atoms with E-state index in [1.165, 1.54) is 35.6 Å². The third-order valence-electron chi connectivity index (χ3n) is 3.92. The third-order valence-corrected chi connectivity index (χ3v) is 6.27. The van der Waals surface area contributed by atoms with Crippen LogP contribution < -0.4 is 11.3 Å². The Bertz CT molecular complexity index is 348. The lowest BCUT2D eigenvalue weighted by Crippen LogP contribution is -2.29. The summed E-state index contributed by atoms with van der Waals surface area (Å²) >= 11 is 4.02. The molecule has 4 heteroatoms. The number of hydrogen-bond acceptors (Lipinski definition) is 4. The Morgan fingerprint density at radius 3 is 2.78 bits per heavy atom. The summed E-state index contributed by atoms with van der Waals surface area (Å²) in [5.41, 5.74) is 4.58. The van der Waals surface area contributed by atoms with Crippen LogP contribution in [0.25, 0.3) is 0 Å². The molecule has 0 bridgehead atoms. The van der Waals surface area contributed by atoms with Gasteiger partial charge in [0.25, 0.3) is 0 Å². The maximum atomic E-state index is 5.77. The van der Waals surface area contributed by atoms with E-state index in [0.29, 0.717) is 6.04 Å². The zero-order chi connectivity index (χ0) is 13.0. The average Bonchev–Trinajstić information content (AvgIpc) is 2.84. The van der Waals surface area contributed by atoms with Gasteiger partial charge in [-0.15, -0.1) is 11.3 Å². The molecule has 0 spiro atoms. The monoisotopic (exact) mass is 284 g/mol. The Morgan fingerprint density at radius 2 is 2.17 bits per heavy atom. The van der Waals surface area contributed by atoms with Crippen LogP contribution in [0.3, 0.4) is 0 Å². The number of rotatable bonds is 6. The first kappa shape index (κ1) is 14.4. The first-order chi connectivity index (χ1) is 8.78. The third kappa shape index (κ3) is 3.29. The van der Waals surface area contributed by atoms with Gasteiger partial charge in [0.2, 0.25) is 0 Å². The maximum Gasteiger partial charge on any atom is 0.0556 e. The second-order valence-corrected chi connectivity index (χ2v) is 7.31. The van der Waals surface area contributed by atoms with Crippen LogP contribution in [-0.2, 0) is 12.2 Å². The molecule has 18 heavy (non-hydrogen) atoms. The number of hydrogen-bond donors (Lipinski definition) is 2. The van der Waals surface area contributed by atoms with Gasteiger partial charge in [0.05, 0.1) is 6.04 Å². The van der Waals surface area contributed by atoms with Crippen LogP contribution in [0.15, 0.2) is 6.07 Å². The summed E-state index contributed by atoms with van der Waals surface area (Å²) in [7, 11) is 0. The van der Waals surface area contributed by atoms with Crippen LogP contribution in [0.4, 0.5) is 0 Å². The van der Waals surface area contributed by atoms with E-state index >= 15 is 0 Å². The molecule has 1 aromatic heterocycles. The van der Waals surface area contributed by atoms with E-state index in [-0.39, 0.29) is 0 Å². The van der Waals surface area contributed by atoms with E-state index in [1.807, 2.05) is 23.1 Å². The summed E-state index contributed by atoms with van der Waals surface area (Å²) < 4.78 is 0. The van der Waals surface area contributed by atoms with E-state index in [1.54, 1.807) is 10.4 Å². The number of aryl methyl sites for hydroxylation is 1. The molecule has 0 fully saturated rings. The summed E-state index contributed by atoms with van der Waals surface area (Å²) in [5.74, 6) is 9.02. The quantitative estimate of drug-likeness (QED) is 0.615. The highest BCUT2D eigenvalue weighted by molar-refractivity contribution is 7.98. The van der Waals surface area contributed by atoms with Crippen LogP contribution >= 0.6 is 23.1 Å². The van der Waals surface area contributed by atoms with Gasteiger partial charge < -0.3 is 0 Å². The summed E-state index contributed by atoms with van der Waals surface area (Å²) in [4.78, 5) is 3.03. The van der Waals surface area contributed by atoms with Crippen molar-refractivity contribution in [1.29, 1.82) is 0 Å². The molecule has 1 unspecified atom stereocenters. The van der Waals surface area contributed by atoms with Crippen molar-refractivity contribution in [2.24, 2.45) is 11.8 Å². The summed E-state index contributed by atoms with van der Waals surface area (Å²) in [6.07, 6.45) is 4.90. The number of nitrogens with one attached hydrogen (secondary N) is 1. The highest BCUT2D eigenvalue weighted by Crippen LogP contribution is 2.36. The van der Waals surface area contributed by atoms with Crippen molar-refractivity contribution < 1.29 is 0 Å². The van der Waals surface area contributed by atoms with Gasteiger partial charge in [-0.3, -0.25) is 11.3 Å². The lowest BCUT2D eigenvalue weighted by atomic mass is 9.94. The van der Waals surface area contributed by atoms with Crippen molar-refractivity contribution in [3.05, 3.63) is 21.4 Å². The van der Waals surface area contributed by atoms with Gasteiger partial charge >= 0.3 is 0 Å². The van der Waals surface area contributed by atoms with Crippen LogP contribution in [0.5, 0.6) is 0 Å². The number of thioether (sulfide) groups is 1. The van der Waals surface area contributed by atoms with Gasteiger partial charge in [-0.1, -0.05) is 26.7 Å². The number of thiophene rings is 1. The number of nitrogens with two attached hydrogens (primary N) is 1. The molecule has 0 saturated carbocycles. The smallest absolute Gasteiger partial charge is 0.0556 e. The molecule has 1 aromatic rings. The van der Waals surface area contributed by atoms with Crippen molar-refractivity contribution in [2.45, 2.75) is 51.3 Å².